The molecule has 0 heterocycles. The number of nitrogens with zero attached hydrogens (tertiary/aromatic N) is 2. The molecule has 0 unspecified atom stereocenters. The minimum absolute atomic E-state index is 0.0437. The first kappa shape index (κ1) is 17.9. The number of esters is 2. The van der Waals surface area contributed by atoms with E-state index in [2.05, 4.69) is 4.74 Å². The maximum Gasteiger partial charge on any atom is 0.331 e. The molecular formula is C13H22N2O5. The number of ether oxygens (including phenoxy) is 2. The number of likely N-dealkylation sites (N-methyl/N-ethyl adjacent to an activating group) is 1. The van der Waals surface area contributed by atoms with Crippen molar-refractivity contribution >= 4 is 18.0 Å². The molecule has 0 spiro atoms. The molecule has 2 amide bonds. The smallest absolute Gasteiger partial charge is 0.331 e. The van der Waals surface area contributed by atoms with Gasteiger partial charge in [-0.3, -0.25) is 0 Å². The van der Waals surface area contributed by atoms with Gasteiger partial charge in [0.1, 0.15) is 6.61 Å². The molecule has 0 saturated carbocycles. The zero-order chi connectivity index (χ0) is 15.7. The van der Waals surface area contributed by atoms with E-state index in [0.29, 0.717) is 0 Å². The third-order valence-electron chi connectivity index (χ3n) is 2.45. The van der Waals surface area contributed by atoms with Crippen LogP contribution in [0.5, 0.6) is 0 Å². The van der Waals surface area contributed by atoms with Crippen LogP contribution in [0.1, 0.15) is 13.8 Å². The van der Waals surface area contributed by atoms with E-state index in [0.717, 1.165) is 12.2 Å². The summed E-state index contributed by atoms with van der Waals surface area (Å²) < 4.78 is 9.56. The van der Waals surface area contributed by atoms with E-state index in [-0.39, 0.29) is 25.3 Å². The van der Waals surface area contributed by atoms with E-state index in [1.807, 2.05) is 0 Å². The van der Waals surface area contributed by atoms with Crippen molar-refractivity contribution in [3.63, 3.8) is 0 Å². The quantitative estimate of drug-likeness (QED) is 0.529. The molecular weight excluding hydrogens is 264 g/mol. The van der Waals surface area contributed by atoms with E-state index in [1.54, 1.807) is 35.0 Å². The Hall–Kier alpha value is -2.05. The van der Waals surface area contributed by atoms with E-state index in [9.17, 15) is 14.4 Å². The predicted molar refractivity (Wildman–Crippen MR) is 73.0 cm³/mol. The first-order chi connectivity index (χ1) is 9.29. The predicted octanol–water partition coefficient (Wildman–Crippen LogP) is 0.651. The number of rotatable bonds is 6. The first-order valence-electron chi connectivity index (χ1n) is 6.25. The fourth-order valence-electron chi connectivity index (χ4n) is 1.19. The van der Waals surface area contributed by atoms with Crippen LogP contribution in [-0.4, -0.2) is 68.2 Å². The Morgan fingerprint density at radius 1 is 1.05 bits per heavy atom. The zero-order valence-electron chi connectivity index (χ0n) is 12.6. The fraction of sp³-hybridized carbons (Fsp3) is 0.615. The van der Waals surface area contributed by atoms with Gasteiger partial charge in [-0.1, -0.05) is 0 Å². The highest BCUT2D eigenvalue weighted by atomic mass is 16.5. The van der Waals surface area contributed by atoms with Gasteiger partial charge in [-0.15, -0.1) is 0 Å². The van der Waals surface area contributed by atoms with Crippen LogP contribution in [0.2, 0.25) is 0 Å². The average Bonchev–Trinajstić information content (AvgIpc) is 2.40. The molecule has 0 aromatic heterocycles. The molecule has 0 saturated heterocycles. The Kier molecular flexibility index (Phi) is 8.03. The van der Waals surface area contributed by atoms with Gasteiger partial charge in [0.15, 0.2) is 0 Å². The van der Waals surface area contributed by atoms with Gasteiger partial charge in [0, 0.05) is 33.3 Å². The van der Waals surface area contributed by atoms with Crippen molar-refractivity contribution in [2.45, 2.75) is 19.9 Å². The summed E-state index contributed by atoms with van der Waals surface area (Å²) in [6.07, 6.45) is 2.00. The van der Waals surface area contributed by atoms with Gasteiger partial charge in [0.25, 0.3) is 0 Å². The van der Waals surface area contributed by atoms with Crippen LogP contribution in [0.25, 0.3) is 0 Å². The van der Waals surface area contributed by atoms with E-state index < -0.39 is 11.9 Å². The van der Waals surface area contributed by atoms with Gasteiger partial charge in [-0.2, -0.15) is 0 Å². The summed E-state index contributed by atoms with van der Waals surface area (Å²) >= 11 is 0. The average molecular weight is 286 g/mol. The Morgan fingerprint density at radius 3 is 2.00 bits per heavy atom. The topological polar surface area (TPSA) is 76.2 Å². The minimum atomic E-state index is -0.657. The molecule has 0 aliphatic heterocycles. The lowest BCUT2D eigenvalue weighted by molar-refractivity contribution is -0.141. The Balaban J connectivity index is 4.18. The number of hydrogen-bond acceptors (Lipinski definition) is 5. The highest BCUT2D eigenvalue weighted by Crippen LogP contribution is 2.00. The van der Waals surface area contributed by atoms with E-state index in [4.69, 9.17) is 4.74 Å². The van der Waals surface area contributed by atoms with Gasteiger partial charge in [0.2, 0.25) is 0 Å². The normalized spacial score (nSPS) is 11.8. The molecule has 114 valence electrons. The highest BCUT2D eigenvalue weighted by Gasteiger charge is 2.18. The second kappa shape index (κ2) is 8.95. The third kappa shape index (κ3) is 6.77. The summed E-state index contributed by atoms with van der Waals surface area (Å²) in [7, 11) is 4.90. The van der Waals surface area contributed by atoms with Crippen LogP contribution in [0, 0.1) is 0 Å². The van der Waals surface area contributed by atoms with Gasteiger partial charge in [-0.25, -0.2) is 14.4 Å². The van der Waals surface area contributed by atoms with Crippen LogP contribution < -0.4 is 0 Å². The summed E-state index contributed by atoms with van der Waals surface area (Å²) in [5.41, 5.74) is 0. The van der Waals surface area contributed by atoms with Gasteiger partial charge >= 0.3 is 18.0 Å². The summed E-state index contributed by atoms with van der Waals surface area (Å²) in [4.78, 5) is 36.9. The van der Waals surface area contributed by atoms with Crippen molar-refractivity contribution in [1.82, 2.24) is 9.80 Å². The largest absolute Gasteiger partial charge is 0.463 e. The lowest BCUT2D eigenvalue weighted by Crippen LogP contribution is -2.43. The summed E-state index contributed by atoms with van der Waals surface area (Å²) in [5, 5.41) is 0. The van der Waals surface area contributed by atoms with Crippen molar-refractivity contribution in [3.8, 4) is 0 Å². The molecule has 0 radical (unpaired) electrons. The molecule has 0 fully saturated rings. The maximum atomic E-state index is 11.7. The van der Waals surface area contributed by atoms with Crippen molar-refractivity contribution in [1.29, 1.82) is 0 Å². The third-order valence-corrected chi connectivity index (χ3v) is 2.45. The lowest BCUT2D eigenvalue weighted by Gasteiger charge is -2.27. The lowest BCUT2D eigenvalue weighted by atomic mass is 10.3. The monoisotopic (exact) mass is 286 g/mol. The van der Waals surface area contributed by atoms with Crippen LogP contribution in [-0.2, 0) is 19.1 Å². The summed E-state index contributed by atoms with van der Waals surface area (Å²) in [6, 6.07) is -0.458. The first-order valence-corrected chi connectivity index (χ1v) is 6.25. The van der Waals surface area contributed by atoms with Crippen LogP contribution in [0.3, 0.4) is 0 Å². The molecule has 0 N–H and O–H groups in total. The SMILES string of the molecule is CCOC(=O)/C=C/C(=O)OC[C@H](C)N(C)C(=O)N(C)C. The second-order valence-corrected chi connectivity index (χ2v) is 4.35. The van der Waals surface area contributed by atoms with Gasteiger partial charge in [0.05, 0.1) is 12.6 Å². The summed E-state index contributed by atoms with van der Waals surface area (Å²) in [5.74, 6) is -1.26. The Labute approximate surface area is 119 Å². The number of amides is 2. The molecule has 0 bridgehead atoms. The number of carbonyl (C=O) groups excluding carboxylic acids is 3. The number of urea groups is 1. The van der Waals surface area contributed by atoms with Gasteiger partial charge in [-0.05, 0) is 13.8 Å². The second-order valence-electron chi connectivity index (χ2n) is 4.35. The molecule has 0 aromatic carbocycles. The summed E-state index contributed by atoms with van der Waals surface area (Å²) in [6.45, 7) is 3.71. The standard InChI is InChI=1S/C13H22N2O5/c1-6-19-11(16)7-8-12(17)20-9-10(2)15(5)13(18)14(3)4/h7-8,10H,6,9H2,1-5H3/b8-7+/t10-/m0/s1. The highest BCUT2D eigenvalue weighted by molar-refractivity contribution is 5.91. The maximum absolute atomic E-state index is 11.7. The molecule has 0 rings (SSSR count). The Morgan fingerprint density at radius 2 is 1.55 bits per heavy atom. The zero-order valence-corrected chi connectivity index (χ0v) is 12.6. The Bertz CT molecular complexity index is 379. The molecule has 1 atom stereocenters. The molecule has 20 heavy (non-hydrogen) atoms. The molecule has 7 nitrogen and oxygen atoms in total. The van der Waals surface area contributed by atoms with Crippen LogP contribution >= 0.6 is 0 Å². The minimum Gasteiger partial charge on any atom is -0.463 e. The van der Waals surface area contributed by atoms with E-state index >= 15 is 0 Å². The van der Waals surface area contributed by atoms with Crippen molar-refractivity contribution in [2.75, 3.05) is 34.4 Å². The molecule has 7 heteroatoms. The van der Waals surface area contributed by atoms with Crippen molar-refractivity contribution in [3.05, 3.63) is 12.2 Å². The van der Waals surface area contributed by atoms with Crippen LogP contribution in [0.4, 0.5) is 4.79 Å². The number of carbonyl (C=O) groups is 3. The van der Waals surface area contributed by atoms with Crippen LogP contribution in [0.15, 0.2) is 12.2 Å². The number of hydrogen-bond donors (Lipinski definition) is 0. The molecule has 0 aliphatic carbocycles. The van der Waals surface area contributed by atoms with Gasteiger partial charge < -0.3 is 19.3 Å². The van der Waals surface area contributed by atoms with Crippen molar-refractivity contribution in [2.24, 2.45) is 0 Å². The fourth-order valence-corrected chi connectivity index (χ4v) is 1.19. The van der Waals surface area contributed by atoms with Crippen molar-refractivity contribution < 1.29 is 23.9 Å². The van der Waals surface area contributed by atoms with E-state index in [1.165, 1.54) is 9.80 Å². The molecule has 0 aromatic rings. The molecule has 0 aliphatic rings.